The van der Waals surface area contributed by atoms with Gasteiger partial charge in [0.15, 0.2) is 5.58 Å². The van der Waals surface area contributed by atoms with E-state index in [0.717, 1.165) is 67.5 Å². The molecule has 220 valence electrons. The Balaban J connectivity index is 1.26. The predicted octanol–water partition coefficient (Wildman–Crippen LogP) is 10.7. The Hall–Kier alpha value is -6.06. The van der Waals surface area contributed by atoms with Crippen LogP contribution in [-0.2, 0) is 0 Å². The standard InChI is InChI=1S/C44H27NO2/c1-2-11-26(12-3-1)29-16-8-18-32-33-19-10-22-36(44(33)47-43(29)32)45-35-21-7-6-15-30(35)31-17-9-20-34-40(31)37(45)25-39-42(34)41-28-14-5-4-13-27(28)23-24-38(41)46-39/h1-22,24-25,27H,23H2. The summed E-state index contributed by atoms with van der Waals surface area (Å²) in [6, 6.07) is 41.2. The third-order valence-electron chi connectivity index (χ3n) is 10.3. The van der Waals surface area contributed by atoms with Crippen molar-refractivity contribution in [3.8, 4) is 22.3 Å². The van der Waals surface area contributed by atoms with Crippen LogP contribution in [0.2, 0.25) is 0 Å². The molecule has 1 aliphatic heterocycles. The van der Waals surface area contributed by atoms with Crippen molar-refractivity contribution in [1.29, 1.82) is 0 Å². The number of nitrogens with zero attached hydrogens (tertiary/aromatic N) is 1. The first-order valence-electron chi connectivity index (χ1n) is 16.3. The number of allylic oxidation sites excluding steroid dienone is 4. The quantitative estimate of drug-likeness (QED) is 0.197. The van der Waals surface area contributed by atoms with E-state index in [1.807, 2.05) is 0 Å². The third-order valence-corrected chi connectivity index (χ3v) is 10.3. The highest BCUT2D eigenvalue weighted by Gasteiger charge is 2.31. The second-order valence-corrected chi connectivity index (χ2v) is 12.7. The van der Waals surface area contributed by atoms with Gasteiger partial charge in [-0.2, -0.15) is 0 Å². The van der Waals surface area contributed by atoms with E-state index in [-0.39, 0.29) is 0 Å². The molecule has 3 heterocycles. The van der Waals surface area contributed by atoms with Crippen LogP contribution in [0, 0.1) is 5.92 Å². The second kappa shape index (κ2) is 9.24. The molecule has 0 saturated carbocycles. The molecule has 0 bridgehead atoms. The fourth-order valence-electron chi connectivity index (χ4n) is 8.31. The van der Waals surface area contributed by atoms with Crippen LogP contribution < -0.4 is 15.5 Å². The van der Waals surface area contributed by atoms with Gasteiger partial charge < -0.3 is 13.7 Å². The van der Waals surface area contributed by atoms with Crippen molar-refractivity contribution in [2.24, 2.45) is 5.92 Å². The van der Waals surface area contributed by atoms with Gasteiger partial charge >= 0.3 is 0 Å². The summed E-state index contributed by atoms with van der Waals surface area (Å²) in [7, 11) is 0. The lowest BCUT2D eigenvalue weighted by Gasteiger charge is -2.33. The molecule has 11 rings (SSSR count). The first-order valence-corrected chi connectivity index (χ1v) is 16.3. The van der Waals surface area contributed by atoms with E-state index in [4.69, 9.17) is 8.83 Å². The van der Waals surface area contributed by atoms with Crippen molar-refractivity contribution in [2.75, 3.05) is 4.90 Å². The molecule has 0 spiro atoms. The number of hydrogen-bond acceptors (Lipinski definition) is 3. The number of rotatable bonds is 2. The van der Waals surface area contributed by atoms with Crippen molar-refractivity contribution >= 4 is 72.4 Å². The first kappa shape index (κ1) is 25.2. The van der Waals surface area contributed by atoms with Crippen molar-refractivity contribution < 1.29 is 8.83 Å². The predicted molar refractivity (Wildman–Crippen MR) is 194 cm³/mol. The van der Waals surface area contributed by atoms with Gasteiger partial charge in [-0.3, -0.25) is 0 Å². The lowest BCUT2D eigenvalue weighted by atomic mass is 9.85. The van der Waals surface area contributed by atoms with Crippen LogP contribution in [-0.4, -0.2) is 0 Å². The summed E-state index contributed by atoms with van der Waals surface area (Å²) in [5, 5.41) is 7.10. The molecule has 0 N–H and O–H groups in total. The minimum Gasteiger partial charge on any atom is -0.456 e. The maximum Gasteiger partial charge on any atom is 0.159 e. The monoisotopic (exact) mass is 601 g/mol. The molecule has 8 aromatic rings. The molecule has 3 heteroatoms. The summed E-state index contributed by atoms with van der Waals surface area (Å²) >= 11 is 0. The minimum absolute atomic E-state index is 0.378. The molecule has 3 aliphatic rings. The number of furan rings is 2. The van der Waals surface area contributed by atoms with Crippen LogP contribution in [0.25, 0.3) is 77.6 Å². The lowest BCUT2D eigenvalue weighted by molar-refractivity contribution is 0.568. The van der Waals surface area contributed by atoms with Gasteiger partial charge in [-0.1, -0.05) is 121 Å². The highest BCUT2D eigenvalue weighted by molar-refractivity contribution is 6.23. The maximum absolute atomic E-state index is 6.95. The van der Waals surface area contributed by atoms with Gasteiger partial charge in [0.25, 0.3) is 0 Å². The summed E-state index contributed by atoms with van der Waals surface area (Å²) in [6.45, 7) is 0. The number of fused-ring (bicyclic) bond motifs is 10. The lowest BCUT2D eigenvalue weighted by Crippen LogP contribution is -2.29. The van der Waals surface area contributed by atoms with E-state index < -0.39 is 0 Å². The Morgan fingerprint density at radius 2 is 1.32 bits per heavy atom. The van der Waals surface area contributed by atoms with Gasteiger partial charge in [-0.05, 0) is 46.7 Å². The maximum atomic E-state index is 6.95. The highest BCUT2D eigenvalue weighted by atomic mass is 16.3. The average Bonchev–Trinajstić information content (AvgIpc) is 3.71. The van der Waals surface area contributed by atoms with E-state index in [1.54, 1.807) is 0 Å². The van der Waals surface area contributed by atoms with Crippen molar-refractivity contribution in [2.45, 2.75) is 6.42 Å². The van der Waals surface area contributed by atoms with Gasteiger partial charge in [0.05, 0.1) is 17.1 Å². The van der Waals surface area contributed by atoms with Crippen LogP contribution in [0.5, 0.6) is 0 Å². The van der Waals surface area contributed by atoms with Crippen molar-refractivity contribution in [1.82, 2.24) is 0 Å². The zero-order valence-corrected chi connectivity index (χ0v) is 25.4. The molecular formula is C44H27NO2. The molecule has 2 aromatic heterocycles. The molecule has 0 amide bonds. The third kappa shape index (κ3) is 3.35. The molecule has 0 saturated heterocycles. The van der Waals surface area contributed by atoms with Gasteiger partial charge in [-0.25, -0.2) is 0 Å². The van der Waals surface area contributed by atoms with E-state index >= 15 is 0 Å². The summed E-state index contributed by atoms with van der Waals surface area (Å²) in [5.74, 6) is 0.378. The Kier molecular flexibility index (Phi) is 4.95. The molecule has 1 unspecified atom stereocenters. The fraction of sp³-hybridized carbons (Fsp3) is 0.0455. The molecule has 0 fully saturated rings. The SMILES string of the molecule is C1=CC2=c3c(oc4cc5c6c(cccc6c34)-c3ccccc3N5c3cccc4c3oc3c(-c5ccccc5)cccc34)=CCC2C=C1. The molecule has 0 radical (unpaired) electrons. The van der Waals surface area contributed by atoms with E-state index in [2.05, 4.69) is 151 Å². The topological polar surface area (TPSA) is 29.5 Å². The van der Waals surface area contributed by atoms with Crippen molar-refractivity contribution in [3.63, 3.8) is 0 Å². The van der Waals surface area contributed by atoms with Crippen LogP contribution in [0.4, 0.5) is 17.1 Å². The fourth-order valence-corrected chi connectivity index (χ4v) is 8.31. The highest BCUT2D eigenvalue weighted by Crippen LogP contribution is 2.54. The first-order chi connectivity index (χ1) is 23.3. The van der Waals surface area contributed by atoms with Gasteiger partial charge in [-0.15, -0.1) is 0 Å². The molecular weight excluding hydrogens is 574 g/mol. The smallest absolute Gasteiger partial charge is 0.159 e. The van der Waals surface area contributed by atoms with Gasteiger partial charge in [0, 0.05) is 49.9 Å². The van der Waals surface area contributed by atoms with Crippen LogP contribution in [0.15, 0.2) is 148 Å². The number of hydrogen-bond donors (Lipinski definition) is 0. The molecule has 47 heavy (non-hydrogen) atoms. The van der Waals surface area contributed by atoms with Crippen LogP contribution in [0.1, 0.15) is 6.42 Å². The molecule has 3 nitrogen and oxygen atoms in total. The van der Waals surface area contributed by atoms with Gasteiger partial charge in [0.2, 0.25) is 0 Å². The molecule has 2 aliphatic carbocycles. The number of anilines is 3. The number of benzene rings is 6. The Labute approximate surface area is 270 Å². The average molecular weight is 602 g/mol. The zero-order valence-electron chi connectivity index (χ0n) is 25.4. The normalized spacial score (nSPS) is 16.1. The zero-order chi connectivity index (χ0) is 30.6. The second-order valence-electron chi connectivity index (χ2n) is 12.7. The minimum atomic E-state index is 0.378. The Morgan fingerprint density at radius 1 is 0.574 bits per heavy atom. The van der Waals surface area contributed by atoms with Crippen LogP contribution >= 0.6 is 0 Å². The van der Waals surface area contributed by atoms with Gasteiger partial charge in [0.1, 0.15) is 16.6 Å². The van der Waals surface area contributed by atoms with E-state index in [9.17, 15) is 0 Å². The van der Waals surface area contributed by atoms with E-state index in [0.29, 0.717) is 5.92 Å². The summed E-state index contributed by atoms with van der Waals surface area (Å²) in [4.78, 5) is 2.39. The molecule has 6 aromatic carbocycles. The summed E-state index contributed by atoms with van der Waals surface area (Å²) < 4.78 is 13.7. The van der Waals surface area contributed by atoms with Crippen LogP contribution in [0.3, 0.4) is 0 Å². The van der Waals surface area contributed by atoms with E-state index in [1.165, 1.54) is 38.1 Å². The molecule has 1 atom stereocenters. The summed E-state index contributed by atoms with van der Waals surface area (Å²) in [6.07, 6.45) is 12.1. The number of para-hydroxylation sites is 3. The summed E-state index contributed by atoms with van der Waals surface area (Å²) in [5.41, 5.74) is 12.9. The Bertz CT molecular complexity index is 2830. The van der Waals surface area contributed by atoms with Crippen molar-refractivity contribution in [3.05, 3.63) is 150 Å². The Morgan fingerprint density at radius 3 is 2.23 bits per heavy atom. The largest absolute Gasteiger partial charge is 0.456 e.